The second kappa shape index (κ2) is 6.63. The molecule has 0 unspecified atom stereocenters. The molecule has 0 saturated carbocycles. The molecule has 0 aliphatic heterocycles. The molecule has 0 saturated heterocycles. The first kappa shape index (κ1) is 12.1. The molecule has 0 atom stereocenters. The summed E-state index contributed by atoms with van der Waals surface area (Å²) < 4.78 is 0. The summed E-state index contributed by atoms with van der Waals surface area (Å²) in [5, 5.41) is 8.34. The van der Waals surface area contributed by atoms with E-state index in [2.05, 4.69) is 0 Å². The summed E-state index contributed by atoms with van der Waals surface area (Å²) in [7, 11) is 0. The third-order valence-electron chi connectivity index (χ3n) is 1.73. The van der Waals surface area contributed by atoms with Crippen molar-refractivity contribution < 1.29 is 14.7 Å². The summed E-state index contributed by atoms with van der Waals surface area (Å²) in [4.78, 5) is 21.3. The number of unbranched alkanes of at least 4 members (excludes halogenated alkanes) is 1. The van der Waals surface area contributed by atoms with E-state index >= 15 is 0 Å². The predicted molar refractivity (Wildman–Crippen MR) is 50.6 cm³/mol. The minimum atomic E-state index is -0.781. The van der Waals surface area contributed by atoms with E-state index in [0.29, 0.717) is 31.6 Å². The van der Waals surface area contributed by atoms with Crippen LogP contribution in [0.15, 0.2) is 0 Å². The molecular formula is C10H18O3. The van der Waals surface area contributed by atoms with Gasteiger partial charge in [0.1, 0.15) is 5.78 Å². The number of carboxylic acids is 1. The quantitative estimate of drug-likeness (QED) is 0.620. The average molecular weight is 186 g/mol. The highest BCUT2D eigenvalue weighted by Gasteiger charge is 2.05. The average Bonchev–Trinajstić information content (AvgIpc) is 1.96. The molecule has 0 spiro atoms. The third-order valence-corrected chi connectivity index (χ3v) is 1.73. The topological polar surface area (TPSA) is 54.4 Å². The molecule has 0 aromatic heterocycles. The van der Waals surface area contributed by atoms with Crippen molar-refractivity contribution in [3.05, 3.63) is 0 Å². The number of rotatable bonds is 7. The Morgan fingerprint density at radius 2 is 1.69 bits per heavy atom. The van der Waals surface area contributed by atoms with E-state index in [9.17, 15) is 9.59 Å². The van der Waals surface area contributed by atoms with E-state index in [0.717, 1.165) is 0 Å². The summed E-state index contributed by atoms with van der Waals surface area (Å²) in [6, 6.07) is 0. The molecule has 1 N–H and O–H groups in total. The molecule has 0 fully saturated rings. The molecule has 0 bridgehead atoms. The highest BCUT2D eigenvalue weighted by Crippen LogP contribution is 2.07. The molecule has 0 radical (unpaired) electrons. The van der Waals surface area contributed by atoms with Gasteiger partial charge in [0, 0.05) is 19.3 Å². The van der Waals surface area contributed by atoms with Crippen molar-refractivity contribution in [3.63, 3.8) is 0 Å². The van der Waals surface area contributed by atoms with E-state index in [1.54, 1.807) is 0 Å². The van der Waals surface area contributed by atoms with Crippen LogP contribution in [0.5, 0.6) is 0 Å². The number of ketones is 1. The smallest absolute Gasteiger partial charge is 0.303 e. The second-order valence-electron chi connectivity index (χ2n) is 3.74. The van der Waals surface area contributed by atoms with Crippen LogP contribution in [0.1, 0.15) is 46.0 Å². The number of Topliss-reactive ketones (excluding diaryl/α,β-unsaturated/α-hetero) is 1. The van der Waals surface area contributed by atoms with Crippen LogP contribution in [0.4, 0.5) is 0 Å². The van der Waals surface area contributed by atoms with E-state index < -0.39 is 5.97 Å². The summed E-state index contributed by atoms with van der Waals surface area (Å²) in [6.45, 7) is 4.02. The van der Waals surface area contributed by atoms with Crippen LogP contribution in [-0.2, 0) is 9.59 Å². The Morgan fingerprint density at radius 3 is 2.15 bits per heavy atom. The van der Waals surface area contributed by atoms with Gasteiger partial charge in [0.05, 0.1) is 0 Å². The summed E-state index contributed by atoms with van der Waals surface area (Å²) in [5.41, 5.74) is 0. The highest BCUT2D eigenvalue weighted by atomic mass is 16.4. The Bertz CT molecular complexity index is 173. The van der Waals surface area contributed by atoms with Gasteiger partial charge < -0.3 is 5.11 Å². The van der Waals surface area contributed by atoms with Crippen molar-refractivity contribution in [2.75, 3.05) is 0 Å². The summed E-state index contributed by atoms with van der Waals surface area (Å²) in [6.07, 6.45) is 2.64. The maximum atomic E-state index is 11.2. The molecule has 13 heavy (non-hydrogen) atoms. The van der Waals surface area contributed by atoms with Crippen LogP contribution in [0.25, 0.3) is 0 Å². The Labute approximate surface area is 79.1 Å². The zero-order valence-corrected chi connectivity index (χ0v) is 8.38. The maximum Gasteiger partial charge on any atom is 0.303 e. The van der Waals surface area contributed by atoms with Crippen LogP contribution >= 0.6 is 0 Å². The lowest BCUT2D eigenvalue weighted by Gasteiger charge is -2.02. The fourth-order valence-corrected chi connectivity index (χ4v) is 1.16. The molecule has 0 rings (SSSR count). The first-order valence-corrected chi connectivity index (χ1v) is 4.76. The Morgan fingerprint density at radius 1 is 1.15 bits per heavy atom. The minimum absolute atomic E-state index is 0.176. The second-order valence-corrected chi connectivity index (χ2v) is 3.74. The fourth-order valence-electron chi connectivity index (χ4n) is 1.16. The van der Waals surface area contributed by atoms with Gasteiger partial charge in [-0.05, 0) is 18.8 Å². The molecule has 76 valence electrons. The van der Waals surface area contributed by atoms with Crippen LogP contribution in [0.3, 0.4) is 0 Å². The molecule has 0 aliphatic rings. The standard InChI is InChI=1S/C10H18O3/c1-8(2)7-9(11)5-3-4-6-10(12)13/h8H,3-7H2,1-2H3,(H,12,13). The molecule has 0 aliphatic carbocycles. The van der Waals surface area contributed by atoms with Crippen LogP contribution in [0.2, 0.25) is 0 Å². The van der Waals surface area contributed by atoms with E-state index in [4.69, 9.17) is 5.11 Å². The van der Waals surface area contributed by atoms with Crippen molar-refractivity contribution in [1.82, 2.24) is 0 Å². The number of carbonyl (C=O) groups excluding carboxylic acids is 1. The first-order chi connectivity index (χ1) is 6.02. The van der Waals surface area contributed by atoms with Gasteiger partial charge in [-0.2, -0.15) is 0 Å². The van der Waals surface area contributed by atoms with E-state index in [-0.39, 0.29) is 12.2 Å². The van der Waals surface area contributed by atoms with Crippen molar-refractivity contribution in [2.45, 2.75) is 46.0 Å². The van der Waals surface area contributed by atoms with Gasteiger partial charge in [-0.1, -0.05) is 13.8 Å². The zero-order chi connectivity index (χ0) is 10.3. The number of hydrogen-bond donors (Lipinski definition) is 1. The van der Waals surface area contributed by atoms with Gasteiger partial charge in [-0.25, -0.2) is 0 Å². The van der Waals surface area contributed by atoms with Gasteiger partial charge in [0.25, 0.3) is 0 Å². The summed E-state index contributed by atoms with van der Waals surface area (Å²) >= 11 is 0. The third kappa shape index (κ3) is 9.05. The monoisotopic (exact) mass is 186 g/mol. The molecule has 3 nitrogen and oxygen atoms in total. The molecule has 0 aromatic carbocycles. The summed E-state index contributed by atoms with van der Waals surface area (Å²) in [5.74, 6) is -0.122. The fraction of sp³-hybridized carbons (Fsp3) is 0.800. The molecular weight excluding hydrogens is 168 g/mol. The van der Waals surface area contributed by atoms with Gasteiger partial charge in [0.15, 0.2) is 0 Å². The van der Waals surface area contributed by atoms with Gasteiger partial charge in [-0.15, -0.1) is 0 Å². The lowest BCUT2D eigenvalue weighted by atomic mass is 10.0. The zero-order valence-electron chi connectivity index (χ0n) is 8.38. The SMILES string of the molecule is CC(C)CC(=O)CCCCC(=O)O. The Balaban J connectivity index is 3.32. The maximum absolute atomic E-state index is 11.2. The van der Waals surface area contributed by atoms with Gasteiger partial charge in [0.2, 0.25) is 0 Å². The molecule has 0 heterocycles. The normalized spacial score (nSPS) is 10.4. The van der Waals surface area contributed by atoms with Crippen molar-refractivity contribution in [3.8, 4) is 0 Å². The molecule has 0 amide bonds. The number of carboxylic acid groups (broad SMARTS) is 1. The van der Waals surface area contributed by atoms with Crippen molar-refractivity contribution in [1.29, 1.82) is 0 Å². The van der Waals surface area contributed by atoms with E-state index in [1.165, 1.54) is 0 Å². The minimum Gasteiger partial charge on any atom is -0.481 e. The van der Waals surface area contributed by atoms with Crippen LogP contribution in [-0.4, -0.2) is 16.9 Å². The van der Waals surface area contributed by atoms with Crippen LogP contribution in [0, 0.1) is 5.92 Å². The van der Waals surface area contributed by atoms with Gasteiger partial charge >= 0.3 is 5.97 Å². The van der Waals surface area contributed by atoms with Gasteiger partial charge in [-0.3, -0.25) is 9.59 Å². The molecule has 0 aromatic rings. The highest BCUT2D eigenvalue weighted by molar-refractivity contribution is 5.78. The Hall–Kier alpha value is -0.860. The lowest BCUT2D eigenvalue weighted by molar-refractivity contribution is -0.137. The van der Waals surface area contributed by atoms with E-state index in [1.807, 2.05) is 13.8 Å². The largest absolute Gasteiger partial charge is 0.481 e. The predicted octanol–water partition coefficient (Wildman–Crippen LogP) is 2.25. The molecule has 3 heteroatoms. The van der Waals surface area contributed by atoms with Crippen molar-refractivity contribution >= 4 is 11.8 Å². The number of aliphatic carboxylic acids is 1. The Kier molecular flexibility index (Phi) is 6.20. The van der Waals surface area contributed by atoms with Crippen molar-refractivity contribution in [2.24, 2.45) is 5.92 Å². The van der Waals surface area contributed by atoms with Crippen LogP contribution < -0.4 is 0 Å². The first-order valence-electron chi connectivity index (χ1n) is 4.76. The number of carbonyl (C=O) groups is 2. The number of hydrogen-bond acceptors (Lipinski definition) is 2. The lowest BCUT2D eigenvalue weighted by Crippen LogP contribution is -2.03.